The van der Waals surface area contributed by atoms with Crippen molar-refractivity contribution in [1.82, 2.24) is 4.98 Å². The van der Waals surface area contributed by atoms with Gasteiger partial charge in [0.05, 0.1) is 12.1 Å². The van der Waals surface area contributed by atoms with Crippen molar-refractivity contribution in [2.45, 2.75) is 0 Å². The Balaban J connectivity index is 1.93. The molecule has 0 bridgehead atoms. The lowest BCUT2D eigenvalue weighted by Gasteiger charge is -2.06. The van der Waals surface area contributed by atoms with Crippen LogP contribution in [0.25, 0.3) is 0 Å². The fourth-order valence-corrected chi connectivity index (χ4v) is 2.68. The summed E-state index contributed by atoms with van der Waals surface area (Å²) < 4.78 is 10.0. The van der Waals surface area contributed by atoms with Gasteiger partial charge in [0.1, 0.15) is 5.75 Å². The van der Waals surface area contributed by atoms with Crippen LogP contribution >= 0.6 is 22.9 Å². The number of nitrogens with one attached hydrogen (secondary N) is 1. The van der Waals surface area contributed by atoms with Crippen LogP contribution in [0.2, 0.25) is 5.02 Å². The number of benzene rings is 1. The Hall–Kier alpha value is -2.38. The maximum absolute atomic E-state index is 12.1. The monoisotopic (exact) mass is 366 g/mol. The van der Waals surface area contributed by atoms with E-state index in [0.29, 0.717) is 28.0 Å². The average molecular weight is 367 g/mol. The van der Waals surface area contributed by atoms with Crippen LogP contribution in [-0.2, 0) is 4.74 Å². The zero-order chi connectivity index (χ0) is 17.5. The molecule has 1 aromatic heterocycles. The van der Waals surface area contributed by atoms with E-state index in [2.05, 4.69) is 16.9 Å². The predicted octanol–water partition coefficient (Wildman–Crippen LogP) is 3.44. The molecule has 0 saturated heterocycles. The summed E-state index contributed by atoms with van der Waals surface area (Å²) in [5.41, 5.74) is 0.479. The number of hydrogen-bond donors (Lipinski definition) is 1. The number of ketones is 1. The van der Waals surface area contributed by atoms with E-state index in [0.717, 1.165) is 0 Å². The first kappa shape index (κ1) is 18.0. The molecule has 8 heteroatoms. The molecule has 0 saturated carbocycles. The van der Waals surface area contributed by atoms with Crippen LogP contribution in [0, 0.1) is 0 Å². The molecule has 0 atom stereocenters. The number of hydrogen-bond acceptors (Lipinski definition) is 7. The van der Waals surface area contributed by atoms with Crippen molar-refractivity contribution in [1.29, 1.82) is 0 Å². The van der Waals surface area contributed by atoms with E-state index < -0.39 is 12.6 Å². The van der Waals surface area contributed by atoms with Gasteiger partial charge in [-0.3, -0.25) is 4.79 Å². The summed E-state index contributed by atoms with van der Waals surface area (Å²) in [4.78, 5) is 28.0. The maximum Gasteiger partial charge on any atom is 0.358 e. The Labute approximate surface area is 148 Å². The second kappa shape index (κ2) is 8.47. The quantitative estimate of drug-likeness (QED) is 0.438. The van der Waals surface area contributed by atoms with Gasteiger partial charge < -0.3 is 14.8 Å². The number of carbonyl (C=O) groups excluding carboxylic acids is 2. The zero-order valence-electron chi connectivity index (χ0n) is 12.9. The third kappa shape index (κ3) is 4.56. The Kier molecular flexibility index (Phi) is 6.34. The van der Waals surface area contributed by atoms with Crippen LogP contribution in [0.1, 0.15) is 20.8 Å². The fraction of sp³-hybridized carbons (Fsp3) is 0.188. The van der Waals surface area contributed by atoms with Crippen LogP contribution in [0.15, 0.2) is 36.2 Å². The molecule has 24 heavy (non-hydrogen) atoms. The minimum absolute atomic E-state index is 0.145. The lowest BCUT2D eigenvalue weighted by atomic mass is 10.1. The van der Waals surface area contributed by atoms with Crippen molar-refractivity contribution >= 4 is 39.8 Å². The van der Waals surface area contributed by atoms with Crippen molar-refractivity contribution in [3.8, 4) is 5.75 Å². The molecular formula is C16H15ClN2O4S. The molecule has 0 amide bonds. The highest BCUT2D eigenvalue weighted by Gasteiger charge is 2.16. The molecule has 0 fully saturated rings. The number of halogens is 1. The van der Waals surface area contributed by atoms with Gasteiger partial charge in [0, 0.05) is 17.5 Å². The van der Waals surface area contributed by atoms with Crippen molar-refractivity contribution in [3.63, 3.8) is 0 Å². The topological polar surface area (TPSA) is 77.5 Å². The van der Waals surface area contributed by atoms with Gasteiger partial charge in [0.2, 0.25) is 0 Å². The summed E-state index contributed by atoms with van der Waals surface area (Å²) in [6.07, 6.45) is 1.68. The molecule has 1 heterocycles. The van der Waals surface area contributed by atoms with Crippen molar-refractivity contribution in [2.75, 3.05) is 25.6 Å². The number of Topliss-reactive ketones (excluding diaryl/α,β-unsaturated/α-hetero) is 1. The first-order valence-electron chi connectivity index (χ1n) is 6.89. The molecule has 1 aromatic carbocycles. The van der Waals surface area contributed by atoms with E-state index in [1.807, 2.05) is 0 Å². The highest BCUT2D eigenvalue weighted by Crippen LogP contribution is 2.25. The lowest BCUT2D eigenvalue weighted by molar-refractivity contribution is 0.0470. The van der Waals surface area contributed by atoms with Crippen LogP contribution in [0.4, 0.5) is 5.13 Å². The van der Waals surface area contributed by atoms with Crippen molar-refractivity contribution in [3.05, 3.63) is 52.5 Å². The van der Waals surface area contributed by atoms with Crippen LogP contribution in [0.5, 0.6) is 5.75 Å². The summed E-state index contributed by atoms with van der Waals surface area (Å²) >= 11 is 7.24. The summed E-state index contributed by atoms with van der Waals surface area (Å²) in [7, 11) is 1.48. The molecule has 2 rings (SSSR count). The van der Waals surface area contributed by atoms with E-state index in [1.165, 1.54) is 24.5 Å². The number of esters is 1. The molecule has 0 aliphatic heterocycles. The van der Waals surface area contributed by atoms with Gasteiger partial charge >= 0.3 is 5.97 Å². The van der Waals surface area contributed by atoms with Crippen LogP contribution in [0.3, 0.4) is 0 Å². The van der Waals surface area contributed by atoms with Gasteiger partial charge in [0.25, 0.3) is 0 Å². The normalized spacial score (nSPS) is 10.1. The molecule has 0 spiro atoms. The Morgan fingerprint density at radius 3 is 2.92 bits per heavy atom. The van der Waals surface area contributed by atoms with Crippen molar-refractivity contribution < 1.29 is 19.1 Å². The van der Waals surface area contributed by atoms with Gasteiger partial charge in [-0.2, -0.15) is 0 Å². The second-order valence-electron chi connectivity index (χ2n) is 4.56. The highest BCUT2D eigenvalue weighted by atomic mass is 35.5. The molecule has 6 nitrogen and oxygen atoms in total. The third-order valence-electron chi connectivity index (χ3n) is 2.92. The second-order valence-corrected chi connectivity index (χ2v) is 5.82. The first-order valence-corrected chi connectivity index (χ1v) is 8.15. The zero-order valence-corrected chi connectivity index (χ0v) is 14.4. The highest BCUT2D eigenvalue weighted by molar-refractivity contribution is 7.13. The Morgan fingerprint density at radius 1 is 1.46 bits per heavy atom. The van der Waals surface area contributed by atoms with Crippen molar-refractivity contribution in [2.24, 2.45) is 0 Å². The Morgan fingerprint density at radius 2 is 2.25 bits per heavy atom. The number of thiazole rings is 1. The van der Waals surface area contributed by atoms with Gasteiger partial charge in [-0.25, -0.2) is 9.78 Å². The minimum Gasteiger partial charge on any atom is -0.495 e. The number of rotatable bonds is 8. The van der Waals surface area contributed by atoms with Crippen LogP contribution in [-0.4, -0.2) is 37.0 Å². The fourth-order valence-electron chi connectivity index (χ4n) is 1.74. The van der Waals surface area contributed by atoms with E-state index in [-0.39, 0.29) is 11.5 Å². The van der Waals surface area contributed by atoms with Gasteiger partial charge in [-0.15, -0.1) is 17.9 Å². The third-order valence-corrected chi connectivity index (χ3v) is 4.01. The first-order chi connectivity index (χ1) is 11.5. The summed E-state index contributed by atoms with van der Waals surface area (Å²) in [6, 6.07) is 4.60. The standard InChI is InChI=1S/C16H15ClN2O4S/c1-3-6-18-16-19-12(9-24-16)15(21)23-8-13(20)10-4-5-14(22-2)11(17)7-10/h3-5,7,9H,1,6,8H2,2H3,(H,18,19). The smallest absolute Gasteiger partial charge is 0.358 e. The molecule has 0 aliphatic carbocycles. The number of ether oxygens (including phenoxy) is 2. The van der Waals surface area contributed by atoms with Crippen LogP contribution < -0.4 is 10.1 Å². The molecule has 0 unspecified atom stereocenters. The number of carbonyl (C=O) groups is 2. The molecule has 126 valence electrons. The maximum atomic E-state index is 12.1. The summed E-state index contributed by atoms with van der Waals surface area (Å²) in [5.74, 6) is -0.564. The molecule has 1 N–H and O–H groups in total. The summed E-state index contributed by atoms with van der Waals surface area (Å²) in [6.45, 7) is 3.73. The molecular weight excluding hydrogens is 352 g/mol. The number of nitrogens with zero attached hydrogens (tertiary/aromatic N) is 1. The predicted molar refractivity (Wildman–Crippen MR) is 93.4 cm³/mol. The van der Waals surface area contributed by atoms with E-state index in [9.17, 15) is 9.59 Å². The average Bonchev–Trinajstić information content (AvgIpc) is 3.06. The number of methoxy groups -OCH3 is 1. The van der Waals surface area contributed by atoms with Gasteiger partial charge in [-0.1, -0.05) is 17.7 Å². The number of aromatic nitrogens is 1. The molecule has 0 radical (unpaired) electrons. The summed E-state index contributed by atoms with van der Waals surface area (Å²) in [5, 5.41) is 5.41. The lowest BCUT2D eigenvalue weighted by Crippen LogP contribution is -2.14. The van der Waals surface area contributed by atoms with E-state index in [1.54, 1.807) is 23.6 Å². The van der Waals surface area contributed by atoms with Gasteiger partial charge in [-0.05, 0) is 18.2 Å². The molecule has 0 aliphatic rings. The van der Waals surface area contributed by atoms with E-state index in [4.69, 9.17) is 21.1 Å². The minimum atomic E-state index is -0.661. The number of anilines is 1. The van der Waals surface area contributed by atoms with E-state index >= 15 is 0 Å². The Bertz CT molecular complexity index is 760. The molecule has 2 aromatic rings. The largest absolute Gasteiger partial charge is 0.495 e. The van der Waals surface area contributed by atoms with Gasteiger partial charge in [0.15, 0.2) is 23.2 Å². The SMILES string of the molecule is C=CCNc1nc(C(=O)OCC(=O)c2ccc(OC)c(Cl)c2)cs1.